The summed E-state index contributed by atoms with van der Waals surface area (Å²) in [5.41, 5.74) is 2.57. The molecule has 9 heteroatoms. The van der Waals surface area contributed by atoms with E-state index in [1.807, 2.05) is 19.1 Å². The van der Waals surface area contributed by atoms with Gasteiger partial charge in [-0.15, -0.1) is 0 Å². The third kappa shape index (κ3) is 6.82. The number of anilines is 1. The molecule has 1 atom stereocenters. The van der Waals surface area contributed by atoms with Crippen molar-refractivity contribution in [2.24, 2.45) is 0 Å². The second-order valence-electron chi connectivity index (χ2n) is 7.03. The minimum Gasteiger partial charge on any atom is -0.490 e. The third-order valence-corrected chi connectivity index (χ3v) is 5.97. The number of carbonyl (C=O) groups is 2. The Labute approximate surface area is 202 Å². The molecule has 1 heterocycles. The monoisotopic (exact) mass is 490 g/mol. The van der Waals surface area contributed by atoms with E-state index in [1.54, 1.807) is 25.1 Å². The molecule has 2 N–H and O–H groups in total. The first-order chi connectivity index (χ1) is 15.9. The molecule has 2 aromatic rings. The zero-order valence-electron chi connectivity index (χ0n) is 18.8. The molecular weight excluding hydrogens is 464 g/mol. The largest absolute Gasteiger partial charge is 0.490 e. The summed E-state index contributed by atoms with van der Waals surface area (Å²) in [5.74, 6) is -0.0360. The van der Waals surface area contributed by atoms with Gasteiger partial charge in [0.2, 0.25) is 0 Å². The summed E-state index contributed by atoms with van der Waals surface area (Å²) in [4.78, 5) is 24.7. The van der Waals surface area contributed by atoms with Crippen LogP contribution in [0.4, 0.5) is 5.69 Å². The topological polar surface area (TPSA) is 85.9 Å². The first-order valence-electron chi connectivity index (χ1n) is 10.7. The summed E-state index contributed by atoms with van der Waals surface area (Å²) in [7, 11) is 0. The molecule has 1 aliphatic heterocycles. The molecular formula is C24H27ClN2O5S. The summed E-state index contributed by atoms with van der Waals surface area (Å²) in [6, 6.07) is 11.5. The molecule has 33 heavy (non-hydrogen) atoms. The van der Waals surface area contributed by atoms with Crippen LogP contribution in [0.5, 0.6) is 11.5 Å². The summed E-state index contributed by atoms with van der Waals surface area (Å²) < 4.78 is 16.1. The Morgan fingerprint density at radius 1 is 1.15 bits per heavy atom. The number of thioether (sulfide) groups is 1. The molecule has 7 nitrogen and oxygen atoms in total. The molecule has 0 bridgehead atoms. The van der Waals surface area contributed by atoms with Crippen LogP contribution in [0.15, 0.2) is 41.3 Å². The van der Waals surface area contributed by atoms with Gasteiger partial charge in [-0.05, 0) is 61.7 Å². The molecule has 1 amide bonds. The Morgan fingerprint density at radius 3 is 2.58 bits per heavy atom. The van der Waals surface area contributed by atoms with E-state index in [4.69, 9.17) is 25.8 Å². The van der Waals surface area contributed by atoms with Gasteiger partial charge < -0.3 is 24.8 Å². The second-order valence-corrected chi connectivity index (χ2v) is 8.59. The van der Waals surface area contributed by atoms with E-state index in [-0.39, 0.29) is 35.4 Å². The SMILES string of the molecule is CCOC(=O)COc1c(Cl)cc(/C=C2\S[C@H](Nc3ccc(CC)cc3)NC2=O)cc1OCC. The van der Waals surface area contributed by atoms with E-state index in [2.05, 4.69) is 29.7 Å². The van der Waals surface area contributed by atoms with Crippen molar-refractivity contribution in [2.75, 3.05) is 25.1 Å². The Morgan fingerprint density at radius 2 is 1.91 bits per heavy atom. The van der Waals surface area contributed by atoms with E-state index in [0.717, 1.165) is 12.1 Å². The molecule has 0 radical (unpaired) electrons. The van der Waals surface area contributed by atoms with Crippen LogP contribution in [-0.2, 0) is 20.7 Å². The van der Waals surface area contributed by atoms with Crippen molar-refractivity contribution in [3.63, 3.8) is 0 Å². The number of rotatable bonds is 10. The number of hydrogen-bond donors (Lipinski definition) is 2. The maximum Gasteiger partial charge on any atom is 0.344 e. The first kappa shape index (κ1) is 24.8. The maximum atomic E-state index is 12.5. The summed E-state index contributed by atoms with van der Waals surface area (Å²) >= 11 is 7.79. The lowest BCUT2D eigenvalue weighted by Crippen LogP contribution is -2.30. The number of halogens is 1. The number of carbonyl (C=O) groups excluding carboxylic acids is 2. The number of amides is 1. The van der Waals surface area contributed by atoms with Gasteiger partial charge in [0, 0.05) is 5.69 Å². The van der Waals surface area contributed by atoms with E-state index in [0.29, 0.717) is 22.8 Å². The van der Waals surface area contributed by atoms with Gasteiger partial charge in [-0.3, -0.25) is 4.79 Å². The first-order valence-corrected chi connectivity index (χ1v) is 12.0. The van der Waals surface area contributed by atoms with E-state index in [9.17, 15) is 9.59 Å². The Bertz CT molecular complexity index is 1030. The van der Waals surface area contributed by atoms with Crippen molar-refractivity contribution in [2.45, 2.75) is 32.7 Å². The average molecular weight is 491 g/mol. The third-order valence-electron chi connectivity index (χ3n) is 4.66. The van der Waals surface area contributed by atoms with E-state index < -0.39 is 5.97 Å². The van der Waals surface area contributed by atoms with Gasteiger partial charge in [-0.1, -0.05) is 42.4 Å². The number of ether oxygens (including phenoxy) is 3. The van der Waals surface area contributed by atoms with Crippen LogP contribution in [0.3, 0.4) is 0 Å². The van der Waals surface area contributed by atoms with Crippen molar-refractivity contribution >= 4 is 47.0 Å². The van der Waals surface area contributed by atoms with Crippen LogP contribution >= 0.6 is 23.4 Å². The Balaban J connectivity index is 1.74. The molecule has 1 aliphatic rings. The predicted octanol–water partition coefficient (Wildman–Crippen LogP) is 4.84. The smallest absolute Gasteiger partial charge is 0.344 e. The molecule has 1 saturated heterocycles. The fourth-order valence-corrected chi connectivity index (χ4v) is 4.37. The van der Waals surface area contributed by atoms with Crippen molar-refractivity contribution < 1.29 is 23.8 Å². The normalized spacial score (nSPS) is 16.4. The molecule has 0 spiro atoms. The molecule has 0 saturated carbocycles. The quantitative estimate of drug-likeness (QED) is 0.364. The van der Waals surface area contributed by atoms with E-state index >= 15 is 0 Å². The molecule has 1 fully saturated rings. The number of benzene rings is 2. The number of aryl methyl sites for hydroxylation is 1. The highest BCUT2D eigenvalue weighted by molar-refractivity contribution is 8.05. The molecule has 2 aromatic carbocycles. The van der Waals surface area contributed by atoms with Crippen molar-refractivity contribution in [1.82, 2.24) is 5.32 Å². The van der Waals surface area contributed by atoms with Gasteiger partial charge in [0.15, 0.2) is 23.6 Å². The summed E-state index contributed by atoms with van der Waals surface area (Å²) in [6.45, 7) is 6.02. The average Bonchev–Trinajstić information content (AvgIpc) is 3.12. The van der Waals surface area contributed by atoms with Crippen molar-refractivity contribution in [3.05, 3.63) is 57.5 Å². The van der Waals surface area contributed by atoms with Gasteiger partial charge in [-0.25, -0.2) is 4.79 Å². The van der Waals surface area contributed by atoms with Crippen molar-refractivity contribution in [3.8, 4) is 11.5 Å². The Hall–Kier alpha value is -2.84. The van der Waals surface area contributed by atoms with Gasteiger partial charge in [0.25, 0.3) is 5.91 Å². The number of hydrogen-bond acceptors (Lipinski definition) is 7. The second kappa shape index (κ2) is 11.9. The standard InChI is InChI=1S/C24H27ClN2O5S/c1-4-15-7-9-17(10-8-15)26-24-27-23(29)20(33-24)13-16-11-18(25)22(19(12-16)30-5-2)32-14-21(28)31-6-3/h7-13,24,26H,4-6,14H2,1-3H3,(H,27,29)/b20-13-/t24-/m1/s1. The molecule has 176 valence electrons. The van der Waals surface area contributed by atoms with Crippen LogP contribution in [0.2, 0.25) is 5.02 Å². The number of esters is 1. The minimum absolute atomic E-state index is 0.181. The zero-order chi connectivity index (χ0) is 23.8. The molecule has 3 rings (SSSR count). The van der Waals surface area contributed by atoms with Crippen LogP contribution in [0, 0.1) is 0 Å². The fraction of sp³-hybridized carbons (Fsp3) is 0.333. The predicted molar refractivity (Wildman–Crippen MR) is 132 cm³/mol. The van der Waals surface area contributed by atoms with Crippen LogP contribution < -0.4 is 20.1 Å². The fourth-order valence-electron chi connectivity index (χ4n) is 3.11. The van der Waals surface area contributed by atoms with Crippen molar-refractivity contribution in [1.29, 1.82) is 0 Å². The molecule has 0 aromatic heterocycles. The highest BCUT2D eigenvalue weighted by Crippen LogP contribution is 2.38. The van der Waals surface area contributed by atoms with Crippen LogP contribution in [0.1, 0.15) is 31.9 Å². The minimum atomic E-state index is -0.496. The van der Waals surface area contributed by atoms with Gasteiger partial charge in [-0.2, -0.15) is 0 Å². The number of nitrogens with one attached hydrogen (secondary N) is 2. The highest BCUT2D eigenvalue weighted by Gasteiger charge is 2.27. The lowest BCUT2D eigenvalue weighted by Gasteiger charge is -2.14. The van der Waals surface area contributed by atoms with Gasteiger partial charge in [0.1, 0.15) is 0 Å². The summed E-state index contributed by atoms with van der Waals surface area (Å²) in [5, 5.41) is 6.49. The zero-order valence-corrected chi connectivity index (χ0v) is 20.3. The maximum absolute atomic E-state index is 12.5. The molecule has 0 aliphatic carbocycles. The van der Waals surface area contributed by atoms with Crippen LogP contribution in [0.25, 0.3) is 6.08 Å². The van der Waals surface area contributed by atoms with Gasteiger partial charge in [0.05, 0.1) is 23.1 Å². The summed E-state index contributed by atoms with van der Waals surface area (Å²) in [6.07, 6.45) is 2.71. The Kier molecular flexibility index (Phi) is 8.91. The molecule has 0 unspecified atom stereocenters. The lowest BCUT2D eigenvalue weighted by atomic mass is 10.1. The van der Waals surface area contributed by atoms with E-state index in [1.165, 1.54) is 17.3 Å². The lowest BCUT2D eigenvalue weighted by molar-refractivity contribution is -0.145. The van der Waals surface area contributed by atoms with Crippen LogP contribution in [-0.4, -0.2) is 37.2 Å². The highest BCUT2D eigenvalue weighted by atomic mass is 35.5. The van der Waals surface area contributed by atoms with Gasteiger partial charge >= 0.3 is 5.97 Å².